The molecule has 0 aliphatic rings. The first-order valence-corrected chi connectivity index (χ1v) is 3.75. The van der Waals surface area contributed by atoms with Crippen molar-refractivity contribution in [3.63, 3.8) is 0 Å². The van der Waals surface area contributed by atoms with Crippen LogP contribution < -0.4 is 0 Å². The topological polar surface area (TPSA) is 0 Å². The molecule has 0 bridgehead atoms. The summed E-state index contributed by atoms with van der Waals surface area (Å²) in [6, 6.07) is 0. The van der Waals surface area contributed by atoms with Crippen LogP contribution in [0.1, 0.15) is 20.8 Å². The maximum absolute atomic E-state index is 11.9. The second-order valence-corrected chi connectivity index (χ2v) is 2.72. The molecular weight excluding hydrogens is 165 g/mol. The molecule has 0 saturated heterocycles. The normalized spacial score (nSPS) is 17.0. The molecule has 0 aromatic carbocycles. The average Bonchev–Trinajstić information content (AvgIpc) is 1.97. The summed E-state index contributed by atoms with van der Waals surface area (Å²) in [5, 5.41) is 0. The van der Waals surface area contributed by atoms with E-state index in [-0.39, 0.29) is 0 Å². The molecule has 0 amide bonds. The quantitative estimate of drug-likeness (QED) is 0.565. The van der Waals surface area contributed by atoms with E-state index in [0.717, 1.165) is 18.6 Å². The maximum atomic E-state index is 11.9. The molecule has 0 fully saturated rings. The van der Waals surface area contributed by atoms with E-state index in [2.05, 4.69) is 0 Å². The highest BCUT2D eigenvalue weighted by Gasteiger charge is 2.33. The summed E-state index contributed by atoms with van der Waals surface area (Å²) in [5.74, 6) is -1.37. The second-order valence-electron chi connectivity index (χ2n) is 2.72. The van der Waals surface area contributed by atoms with Gasteiger partial charge in [0.05, 0.1) is 5.92 Å². The summed E-state index contributed by atoms with van der Waals surface area (Å²) in [4.78, 5) is 0. The van der Waals surface area contributed by atoms with Crippen molar-refractivity contribution < 1.29 is 13.2 Å². The van der Waals surface area contributed by atoms with Crippen LogP contribution in [0.25, 0.3) is 0 Å². The van der Waals surface area contributed by atoms with Crippen molar-refractivity contribution in [3.8, 4) is 0 Å². The Balaban J connectivity index is 4.18. The van der Waals surface area contributed by atoms with Crippen LogP contribution in [-0.4, -0.2) is 6.18 Å². The number of rotatable bonds is 2. The Bertz CT molecular complexity index is 186. The molecule has 3 heteroatoms. The molecule has 0 aromatic heterocycles. The Hall–Kier alpha value is -0.730. The average molecular weight is 178 g/mol. The maximum Gasteiger partial charge on any atom is 0.394 e. The van der Waals surface area contributed by atoms with Crippen LogP contribution in [0.15, 0.2) is 23.8 Å². The minimum absolute atomic E-state index is 0.839. The van der Waals surface area contributed by atoms with Crippen LogP contribution in [0, 0.1) is 5.92 Å². The molecule has 0 aliphatic heterocycles. The van der Waals surface area contributed by atoms with E-state index >= 15 is 0 Å². The number of allylic oxidation sites excluding steroid dienone is 4. The SMILES string of the molecule is C/C=C(C)\C=C/C(C)C(F)(F)F. The highest BCUT2D eigenvalue weighted by atomic mass is 19.4. The van der Waals surface area contributed by atoms with Crippen LogP contribution in [0.2, 0.25) is 0 Å². The third-order valence-corrected chi connectivity index (χ3v) is 1.62. The van der Waals surface area contributed by atoms with E-state index in [1.54, 1.807) is 19.9 Å². The number of hydrogen-bond acceptors (Lipinski definition) is 0. The van der Waals surface area contributed by atoms with Crippen molar-refractivity contribution in [2.24, 2.45) is 5.92 Å². The van der Waals surface area contributed by atoms with E-state index in [1.165, 1.54) is 6.08 Å². The first kappa shape index (κ1) is 11.3. The summed E-state index contributed by atoms with van der Waals surface area (Å²) >= 11 is 0. The standard InChI is InChI=1S/C9H13F3/c1-4-7(2)5-6-8(3)9(10,11)12/h4-6,8H,1-3H3/b6-5-,7-4-. The van der Waals surface area contributed by atoms with Gasteiger partial charge in [-0.25, -0.2) is 0 Å². The fourth-order valence-electron chi connectivity index (χ4n) is 0.501. The molecule has 0 N–H and O–H groups in total. The molecule has 0 rings (SSSR count). The minimum Gasteiger partial charge on any atom is -0.170 e. The molecule has 0 spiro atoms. The van der Waals surface area contributed by atoms with E-state index < -0.39 is 12.1 Å². The summed E-state index contributed by atoms with van der Waals surface area (Å²) in [6.45, 7) is 4.69. The Morgan fingerprint density at radius 1 is 1.33 bits per heavy atom. The first-order valence-electron chi connectivity index (χ1n) is 3.75. The lowest BCUT2D eigenvalue weighted by Crippen LogP contribution is -2.17. The van der Waals surface area contributed by atoms with Gasteiger partial charge in [0.15, 0.2) is 0 Å². The van der Waals surface area contributed by atoms with E-state index in [0.29, 0.717) is 0 Å². The fraction of sp³-hybridized carbons (Fsp3) is 0.556. The molecule has 1 unspecified atom stereocenters. The second kappa shape index (κ2) is 4.33. The van der Waals surface area contributed by atoms with Gasteiger partial charge in [-0.05, 0) is 13.8 Å². The molecule has 70 valence electrons. The van der Waals surface area contributed by atoms with Gasteiger partial charge in [-0.15, -0.1) is 0 Å². The zero-order chi connectivity index (χ0) is 9.78. The van der Waals surface area contributed by atoms with Gasteiger partial charge in [-0.1, -0.05) is 30.7 Å². The van der Waals surface area contributed by atoms with Gasteiger partial charge in [-0.2, -0.15) is 13.2 Å². The molecule has 0 aromatic rings. The number of alkyl halides is 3. The van der Waals surface area contributed by atoms with Gasteiger partial charge in [0.25, 0.3) is 0 Å². The van der Waals surface area contributed by atoms with Crippen LogP contribution in [0.3, 0.4) is 0 Å². The largest absolute Gasteiger partial charge is 0.394 e. The monoisotopic (exact) mass is 178 g/mol. The Morgan fingerprint density at radius 2 is 1.83 bits per heavy atom. The minimum atomic E-state index is -4.12. The summed E-state index contributed by atoms with van der Waals surface area (Å²) in [6.07, 6.45) is 0.289. The van der Waals surface area contributed by atoms with Crippen molar-refractivity contribution >= 4 is 0 Å². The van der Waals surface area contributed by atoms with Gasteiger partial charge in [0.1, 0.15) is 0 Å². The van der Waals surface area contributed by atoms with Gasteiger partial charge >= 0.3 is 6.18 Å². The molecule has 0 saturated carbocycles. The highest BCUT2D eigenvalue weighted by molar-refractivity contribution is 5.15. The third kappa shape index (κ3) is 4.21. The van der Waals surface area contributed by atoms with Crippen molar-refractivity contribution in [1.29, 1.82) is 0 Å². The van der Waals surface area contributed by atoms with Gasteiger partial charge < -0.3 is 0 Å². The Morgan fingerprint density at radius 3 is 2.17 bits per heavy atom. The van der Waals surface area contributed by atoms with Crippen molar-refractivity contribution in [3.05, 3.63) is 23.8 Å². The van der Waals surface area contributed by atoms with Crippen LogP contribution in [0.4, 0.5) is 13.2 Å². The third-order valence-electron chi connectivity index (χ3n) is 1.62. The van der Waals surface area contributed by atoms with Gasteiger partial charge in [-0.3, -0.25) is 0 Å². The summed E-state index contributed by atoms with van der Waals surface area (Å²) in [7, 11) is 0. The molecule has 0 aliphatic carbocycles. The van der Waals surface area contributed by atoms with Crippen molar-refractivity contribution in [2.75, 3.05) is 0 Å². The lowest BCUT2D eigenvalue weighted by molar-refractivity contribution is -0.156. The van der Waals surface area contributed by atoms with Crippen molar-refractivity contribution in [1.82, 2.24) is 0 Å². The Kier molecular flexibility index (Phi) is 4.07. The smallest absolute Gasteiger partial charge is 0.170 e. The summed E-state index contributed by atoms with van der Waals surface area (Å²) in [5.41, 5.74) is 0.839. The van der Waals surface area contributed by atoms with E-state index in [4.69, 9.17) is 0 Å². The predicted molar refractivity (Wildman–Crippen MR) is 43.8 cm³/mol. The fourth-order valence-corrected chi connectivity index (χ4v) is 0.501. The lowest BCUT2D eigenvalue weighted by Gasteiger charge is -2.10. The zero-order valence-electron chi connectivity index (χ0n) is 7.44. The highest BCUT2D eigenvalue weighted by Crippen LogP contribution is 2.26. The van der Waals surface area contributed by atoms with Gasteiger partial charge in [0, 0.05) is 0 Å². The van der Waals surface area contributed by atoms with Crippen LogP contribution in [-0.2, 0) is 0 Å². The lowest BCUT2D eigenvalue weighted by atomic mass is 10.1. The molecule has 0 nitrogen and oxygen atoms in total. The van der Waals surface area contributed by atoms with Crippen molar-refractivity contribution in [2.45, 2.75) is 26.9 Å². The van der Waals surface area contributed by atoms with Crippen LogP contribution >= 0.6 is 0 Å². The molecule has 1 atom stereocenters. The molecule has 0 heterocycles. The van der Waals surface area contributed by atoms with Crippen LogP contribution in [0.5, 0.6) is 0 Å². The number of halogens is 3. The zero-order valence-corrected chi connectivity index (χ0v) is 7.44. The van der Waals surface area contributed by atoms with E-state index in [9.17, 15) is 13.2 Å². The molecular formula is C9H13F3. The number of hydrogen-bond donors (Lipinski definition) is 0. The van der Waals surface area contributed by atoms with E-state index in [1.807, 2.05) is 0 Å². The molecule has 0 radical (unpaired) electrons. The molecule has 12 heavy (non-hydrogen) atoms. The first-order chi connectivity index (χ1) is 5.38. The van der Waals surface area contributed by atoms with Gasteiger partial charge in [0.2, 0.25) is 0 Å². The Labute approximate surface area is 70.8 Å². The predicted octanol–water partition coefficient (Wildman–Crippen LogP) is 3.71. The summed E-state index contributed by atoms with van der Waals surface area (Å²) < 4.78 is 35.8.